The van der Waals surface area contributed by atoms with Crippen molar-refractivity contribution in [3.05, 3.63) is 12.7 Å². The van der Waals surface area contributed by atoms with Gasteiger partial charge in [-0.2, -0.15) is 0 Å². The predicted octanol–water partition coefficient (Wildman–Crippen LogP) is 0.830. The fourth-order valence-corrected chi connectivity index (χ4v) is 0.367. The smallest absolute Gasteiger partial charge is 0.417 e. The first-order valence-electron chi connectivity index (χ1n) is 2.44. The molecular formula is C5H7NO4. The average Bonchev–Trinajstić information content (AvgIpc) is 1.81. The summed E-state index contributed by atoms with van der Waals surface area (Å²) in [7, 11) is 0. The lowest BCUT2D eigenvalue weighted by Crippen LogP contribution is -2.34. The van der Waals surface area contributed by atoms with E-state index in [2.05, 4.69) is 6.58 Å². The second kappa shape index (κ2) is 3.49. The second-order valence-electron chi connectivity index (χ2n) is 1.46. The molecule has 10 heavy (non-hydrogen) atoms. The molecular weight excluding hydrogens is 138 g/mol. The van der Waals surface area contributed by atoms with Crippen LogP contribution in [0, 0.1) is 0 Å². The molecule has 56 valence electrons. The van der Waals surface area contributed by atoms with Crippen molar-refractivity contribution >= 4 is 12.2 Å². The molecule has 0 saturated carbocycles. The molecule has 2 N–H and O–H groups in total. The fraction of sp³-hybridized carbons (Fsp3) is 0.200. The third-order valence-electron chi connectivity index (χ3n) is 0.773. The van der Waals surface area contributed by atoms with Gasteiger partial charge in [0.15, 0.2) is 0 Å². The molecule has 0 atom stereocenters. The van der Waals surface area contributed by atoms with Gasteiger partial charge in [-0.3, -0.25) is 0 Å². The number of carbonyl (C=O) groups is 2. The minimum atomic E-state index is -1.49. The lowest BCUT2D eigenvalue weighted by Gasteiger charge is -2.08. The van der Waals surface area contributed by atoms with E-state index < -0.39 is 12.2 Å². The van der Waals surface area contributed by atoms with Crippen molar-refractivity contribution in [2.75, 3.05) is 6.54 Å². The summed E-state index contributed by atoms with van der Waals surface area (Å²) in [5, 5.41) is 16.3. The number of hydrogen-bond acceptors (Lipinski definition) is 2. The van der Waals surface area contributed by atoms with Crippen LogP contribution in [0.3, 0.4) is 0 Å². The number of nitrogens with zero attached hydrogens (tertiary/aromatic N) is 1. The first-order valence-corrected chi connectivity index (χ1v) is 2.44. The van der Waals surface area contributed by atoms with E-state index in [1.54, 1.807) is 0 Å². The molecule has 0 radical (unpaired) electrons. The highest BCUT2D eigenvalue weighted by molar-refractivity contribution is 5.85. The van der Waals surface area contributed by atoms with E-state index in [-0.39, 0.29) is 11.4 Å². The lowest BCUT2D eigenvalue weighted by atomic mass is 10.6. The van der Waals surface area contributed by atoms with Crippen molar-refractivity contribution < 1.29 is 19.8 Å². The standard InChI is InChI=1S/C5H7NO4/c1-2-3-6(4(7)8)5(9)10/h2H,1,3H2,(H,7,8)(H,9,10). The summed E-state index contributed by atoms with van der Waals surface area (Å²) in [6.45, 7) is 2.99. The third kappa shape index (κ3) is 2.17. The molecule has 0 fully saturated rings. The highest BCUT2D eigenvalue weighted by atomic mass is 16.4. The summed E-state index contributed by atoms with van der Waals surface area (Å²) < 4.78 is 0. The second-order valence-corrected chi connectivity index (χ2v) is 1.46. The largest absolute Gasteiger partial charge is 0.465 e. The number of carboxylic acid groups (broad SMARTS) is 2. The molecule has 0 bridgehead atoms. The van der Waals surface area contributed by atoms with Crippen LogP contribution in [-0.4, -0.2) is 33.8 Å². The van der Waals surface area contributed by atoms with Gasteiger partial charge in [0.05, 0.1) is 6.54 Å². The Kier molecular flexibility index (Phi) is 2.96. The quantitative estimate of drug-likeness (QED) is 0.564. The topological polar surface area (TPSA) is 77.8 Å². The Hall–Kier alpha value is -1.52. The highest BCUT2D eigenvalue weighted by Crippen LogP contribution is 1.89. The molecule has 5 nitrogen and oxygen atoms in total. The van der Waals surface area contributed by atoms with E-state index in [1.807, 2.05) is 0 Å². The van der Waals surface area contributed by atoms with Gasteiger partial charge in [-0.25, -0.2) is 14.5 Å². The van der Waals surface area contributed by atoms with E-state index in [9.17, 15) is 9.59 Å². The van der Waals surface area contributed by atoms with Crippen molar-refractivity contribution in [3.63, 3.8) is 0 Å². The van der Waals surface area contributed by atoms with Crippen LogP contribution in [0.15, 0.2) is 12.7 Å². The van der Waals surface area contributed by atoms with Crippen LogP contribution in [0.25, 0.3) is 0 Å². The molecule has 2 amide bonds. The highest BCUT2D eigenvalue weighted by Gasteiger charge is 2.16. The Morgan fingerprint density at radius 2 is 1.80 bits per heavy atom. The third-order valence-corrected chi connectivity index (χ3v) is 0.773. The summed E-state index contributed by atoms with van der Waals surface area (Å²) in [5.74, 6) is 0. The van der Waals surface area contributed by atoms with Gasteiger partial charge < -0.3 is 10.2 Å². The van der Waals surface area contributed by atoms with Crippen molar-refractivity contribution in [3.8, 4) is 0 Å². The summed E-state index contributed by atoms with van der Waals surface area (Å²) >= 11 is 0. The van der Waals surface area contributed by atoms with Crippen LogP contribution >= 0.6 is 0 Å². The Morgan fingerprint density at radius 1 is 1.40 bits per heavy atom. The Balaban J connectivity index is 4.11. The Labute approximate surface area is 57.2 Å². The summed E-state index contributed by atoms with van der Waals surface area (Å²) in [6, 6.07) is 0. The Morgan fingerprint density at radius 3 is 1.90 bits per heavy atom. The zero-order valence-electron chi connectivity index (χ0n) is 5.15. The van der Waals surface area contributed by atoms with Gasteiger partial charge >= 0.3 is 12.2 Å². The van der Waals surface area contributed by atoms with Crippen LogP contribution in [0.5, 0.6) is 0 Å². The summed E-state index contributed by atoms with van der Waals surface area (Å²) in [4.78, 5) is 20.3. The van der Waals surface area contributed by atoms with Gasteiger partial charge in [-0.05, 0) is 0 Å². The molecule has 0 aromatic heterocycles. The van der Waals surface area contributed by atoms with Crippen molar-refractivity contribution in [1.82, 2.24) is 4.90 Å². The van der Waals surface area contributed by atoms with Crippen LogP contribution in [0.4, 0.5) is 9.59 Å². The van der Waals surface area contributed by atoms with Crippen LogP contribution in [0.1, 0.15) is 0 Å². The summed E-state index contributed by atoms with van der Waals surface area (Å²) in [5.41, 5.74) is 0. The number of imide groups is 1. The van der Waals surface area contributed by atoms with Crippen molar-refractivity contribution in [1.29, 1.82) is 0 Å². The van der Waals surface area contributed by atoms with E-state index in [0.717, 1.165) is 0 Å². The van der Waals surface area contributed by atoms with Crippen molar-refractivity contribution in [2.45, 2.75) is 0 Å². The zero-order valence-corrected chi connectivity index (χ0v) is 5.15. The number of hydrogen-bond donors (Lipinski definition) is 2. The molecule has 0 rings (SSSR count). The molecule has 5 heteroatoms. The fourth-order valence-electron chi connectivity index (χ4n) is 0.367. The van der Waals surface area contributed by atoms with Crippen LogP contribution in [0.2, 0.25) is 0 Å². The maximum Gasteiger partial charge on any atom is 0.417 e. The van der Waals surface area contributed by atoms with Gasteiger partial charge in [0.2, 0.25) is 0 Å². The van der Waals surface area contributed by atoms with Gasteiger partial charge in [0, 0.05) is 0 Å². The van der Waals surface area contributed by atoms with E-state index in [0.29, 0.717) is 0 Å². The van der Waals surface area contributed by atoms with Crippen LogP contribution in [-0.2, 0) is 0 Å². The average molecular weight is 145 g/mol. The Bertz CT molecular complexity index is 151. The molecule has 0 aromatic carbocycles. The number of amides is 2. The molecule has 0 aromatic rings. The normalized spacial score (nSPS) is 8.40. The zero-order chi connectivity index (χ0) is 8.15. The van der Waals surface area contributed by atoms with Crippen LogP contribution < -0.4 is 0 Å². The molecule has 0 heterocycles. The SMILES string of the molecule is C=CCN(C(=O)O)C(=O)O. The molecule has 0 aliphatic carbocycles. The predicted molar refractivity (Wildman–Crippen MR) is 33.0 cm³/mol. The lowest BCUT2D eigenvalue weighted by molar-refractivity contribution is 0.127. The minimum Gasteiger partial charge on any atom is -0.465 e. The minimum absolute atomic E-state index is 0.204. The van der Waals surface area contributed by atoms with E-state index >= 15 is 0 Å². The molecule has 0 aliphatic heterocycles. The first-order chi connectivity index (χ1) is 4.59. The number of rotatable bonds is 2. The van der Waals surface area contributed by atoms with Gasteiger partial charge in [0.25, 0.3) is 0 Å². The maximum absolute atomic E-state index is 10.0. The van der Waals surface area contributed by atoms with Gasteiger partial charge in [-0.1, -0.05) is 6.08 Å². The molecule has 0 aliphatic rings. The maximum atomic E-state index is 10.0. The first kappa shape index (κ1) is 8.48. The van der Waals surface area contributed by atoms with E-state index in [1.165, 1.54) is 6.08 Å². The van der Waals surface area contributed by atoms with Crippen molar-refractivity contribution in [2.24, 2.45) is 0 Å². The summed E-state index contributed by atoms with van der Waals surface area (Å²) in [6.07, 6.45) is -1.79. The molecule has 0 saturated heterocycles. The monoisotopic (exact) mass is 145 g/mol. The van der Waals surface area contributed by atoms with Gasteiger partial charge in [-0.15, -0.1) is 6.58 Å². The van der Waals surface area contributed by atoms with E-state index in [4.69, 9.17) is 10.2 Å². The molecule has 0 spiro atoms. The van der Waals surface area contributed by atoms with Gasteiger partial charge in [0.1, 0.15) is 0 Å². The molecule has 0 unspecified atom stereocenters.